The van der Waals surface area contributed by atoms with E-state index in [-0.39, 0.29) is 6.07 Å². The molecule has 0 aromatic heterocycles. The van der Waals surface area contributed by atoms with Crippen LogP contribution in [-0.2, 0) is 11.2 Å². The fourth-order valence-corrected chi connectivity index (χ4v) is 1.08. The van der Waals surface area contributed by atoms with Crippen LogP contribution in [0.2, 0.25) is 0 Å². The van der Waals surface area contributed by atoms with E-state index >= 15 is 0 Å². The van der Waals surface area contributed by atoms with Crippen molar-refractivity contribution in [2.45, 2.75) is 12.8 Å². The van der Waals surface area contributed by atoms with Gasteiger partial charge in [0.05, 0.1) is 12.0 Å². The van der Waals surface area contributed by atoms with Gasteiger partial charge in [-0.2, -0.15) is 0 Å². The Morgan fingerprint density at radius 2 is 1.87 bits per heavy atom. The summed E-state index contributed by atoms with van der Waals surface area (Å²) in [7, 11) is 0. The van der Waals surface area contributed by atoms with Gasteiger partial charge in [0.15, 0.2) is 0 Å². The number of carboxylic acids is 1. The van der Waals surface area contributed by atoms with Gasteiger partial charge < -0.3 is 5.11 Å². The summed E-state index contributed by atoms with van der Waals surface area (Å²) in [4.78, 5) is 10.2. The van der Waals surface area contributed by atoms with E-state index in [1.807, 2.05) is 0 Å². The van der Waals surface area contributed by atoms with Crippen LogP contribution in [0, 0.1) is 11.6 Å². The summed E-state index contributed by atoms with van der Waals surface area (Å²) >= 11 is 0. The highest BCUT2D eigenvalue weighted by Crippen LogP contribution is 2.25. The topological polar surface area (TPSA) is 37.3 Å². The van der Waals surface area contributed by atoms with Crippen molar-refractivity contribution in [3.8, 4) is 0 Å². The summed E-state index contributed by atoms with van der Waals surface area (Å²) in [6, 6.07) is 0.795. The number of halogens is 4. The lowest BCUT2D eigenvalue weighted by Crippen LogP contribution is -2.05. The monoisotopic (exact) mass is 222 g/mol. The van der Waals surface area contributed by atoms with Crippen molar-refractivity contribution in [2.24, 2.45) is 0 Å². The molecule has 2 nitrogen and oxygen atoms in total. The first-order chi connectivity index (χ1) is 6.91. The fraction of sp³-hybridized carbons (Fsp3) is 0.222. The average Bonchev–Trinajstić information content (AvgIpc) is 2.08. The highest BCUT2D eigenvalue weighted by molar-refractivity contribution is 5.70. The molecular formula is C9H6F4O2. The molecule has 1 rings (SSSR count). The lowest BCUT2D eigenvalue weighted by molar-refractivity contribution is -0.136. The molecule has 0 saturated carbocycles. The third-order valence-electron chi connectivity index (χ3n) is 1.74. The van der Waals surface area contributed by atoms with Crippen molar-refractivity contribution in [2.75, 3.05) is 0 Å². The van der Waals surface area contributed by atoms with Gasteiger partial charge >= 0.3 is 5.97 Å². The van der Waals surface area contributed by atoms with Crippen molar-refractivity contribution in [1.82, 2.24) is 0 Å². The number of rotatable bonds is 3. The molecule has 0 aliphatic heterocycles. The number of aliphatic carboxylic acids is 1. The molecule has 0 heterocycles. The molecule has 0 amide bonds. The van der Waals surface area contributed by atoms with Crippen molar-refractivity contribution in [1.29, 1.82) is 0 Å². The maximum atomic E-state index is 12.9. The van der Waals surface area contributed by atoms with Gasteiger partial charge in [0.25, 0.3) is 6.43 Å². The van der Waals surface area contributed by atoms with E-state index in [0.717, 1.165) is 0 Å². The molecule has 0 atom stereocenters. The van der Waals surface area contributed by atoms with Crippen LogP contribution < -0.4 is 0 Å². The Kier molecular flexibility index (Phi) is 3.28. The summed E-state index contributed by atoms with van der Waals surface area (Å²) in [5.41, 5.74) is -1.45. The fourth-order valence-electron chi connectivity index (χ4n) is 1.08. The van der Waals surface area contributed by atoms with Crippen LogP contribution in [-0.4, -0.2) is 11.1 Å². The molecule has 1 aromatic carbocycles. The second-order valence-electron chi connectivity index (χ2n) is 2.84. The van der Waals surface area contributed by atoms with Gasteiger partial charge in [-0.05, 0) is 11.6 Å². The number of alkyl halides is 2. The molecule has 0 saturated heterocycles. The lowest BCUT2D eigenvalue weighted by atomic mass is 10.1. The van der Waals surface area contributed by atoms with E-state index in [1.165, 1.54) is 0 Å². The number of carboxylic acid groups (broad SMARTS) is 1. The first kappa shape index (κ1) is 11.5. The van der Waals surface area contributed by atoms with Gasteiger partial charge in [0.2, 0.25) is 0 Å². The normalized spacial score (nSPS) is 10.7. The smallest absolute Gasteiger partial charge is 0.307 e. The molecule has 0 bridgehead atoms. The van der Waals surface area contributed by atoms with E-state index in [4.69, 9.17) is 5.11 Å². The number of hydrogen-bond acceptors (Lipinski definition) is 1. The van der Waals surface area contributed by atoms with Crippen LogP contribution in [0.25, 0.3) is 0 Å². The second-order valence-corrected chi connectivity index (χ2v) is 2.84. The van der Waals surface area contributed by atoms with Crippen LogP contribution in [0.3, 0.4) is 0 Å². The highest BCUT2D eigenvalue weighted by Gasteiger charge is 2.18. The summed E-state index contributed by atoms with van der Waals surface area (Å²) in [6.45, 7) is 0. The zero-order chi connectivity index (χ0) is 11.6. The van der Waals surface area contributed by atoms with Gasteiger partial charge in [-0.15, -0.1) is 0 Å². The average molecular weight is 222 g/mol. The summed E-state index contributed by atoms with van der Waals surface area (Å²) < 4.78 is 50.0. The Morgan fingerprint density at radius 1 is 1.27 bits per heavy atom. The van der Waals surface area contributed by atoms with Crippen LogP contribution in [0.4, 0.5) is 17.6 Å². The standard InChI is InChI=1S/C9H6F4O2/c10-6-3-7(11)5(9(12)13)1-4(6)2-8(14)15/h1,3,9H,2H2,(H,14,15). The molecule has 1 aromatic rings. The molecule has 1 N–H and O–H groups in total. The van der Waals surface area contributed by atoms with Crippen LogP contribution in [0.1, 0.15) is 17.6 Å². The zero-order valence-corrected chi connectivity index (χ0v) is 7.31. The molecule has 0 spiro atoms. The van der Waals surface area contributed by atoms with Crippen molar-refractivity contribution < 1.29 is 27.5 Å². The highest BCUT2D eigenvalue weighted by atomic mass is 19.3. The van der Waals surface area contributed by atoms with E-state index < -0.39 is 41.6 Å². The summed E-state index contributed by atoms with van der Waals surface area (Å²) in [5.74, 6) is -3.89. The van der Waals surface area contributed by atoms with E-state index in [2.05, 4.69) is 0 Å². The van der Waals surface area contributed by atoms with Gasteiger partial charge in [-0.25, -0.2) is 17.6 Å². The number of hydrogen-bond donors (Lipinski definition) is 1. The summed E-state index contributed by atoms with van der Waals surface area (Å²) in [6.07, 6.45) is -3.86. The SMILES string of the molecule is O=C(O)Cc1cc(C(F)F)c(F)cc1F. The van der Waals surface area contributed by atoms with E-state index in [0.29, 0.717) is 6.07 Å². The van der Waals surface area contributed by atoms with E-state index in [9.17, 15) is 22.4 Å². The first-order valence-corrected chi connectivity index (χ1v) is 3.89. The summed E-state index contributed by atoms with van der Waals surface area (Å²) in [5, 5.41) is 8.34. The predicted octanol–water partition coefficient (Wildman–Crippen LogP) is 2.53. The Hall–Kier alpha value is -1.59. The Bertz CT molecular complexity index is 390. The molecule has 0 fully saturated rings. The third kappa shape index (κ3) is 2.68. The minimum Gasteiger partial charge on any atom is -0.481 e. The molecule has 0 aliphatic rings. The van der Waals surface area contributed by atoms with Crippen molar-refractivity contribution in [3.63, 3.8) is 0 Å². The molecule has 82 valence electrons. The van der Waals surface area contributed by atoms with Crippen molar-refractivity contribution in [3.05, 3.63) is 34.9 Å². The molecule has 0 aliphatic carbocycles. The van der Waals surface area contributed by atoms with Crippen LogP contribution >= 0.6 is 0 Å². The molecule has 0 radical (unpaired) electrons. The predicted molar refractivity (Wildman–Crippen MR) is 42.7 cm³/mol. The van der Waals surface area contributed by atoms with Gasteiger partial charge in [0, 0.05) is 6.07 Å². The molecule has 15 heavy (non-hydrogen) atoms. The Morgan fingerprint density at radius 3 is 2.33 bits per heavy atom. The third-order valence-corrected chi connectivity index (χ3v) is 1.74. The van der Waals surface area contributed by atoms with Crippen LogP contribution in [0.5, 0.6) is 0 Å². The van der Waals surface area contributed by atoms with Gasteiger partial charge in [-0.1, -0.05) is 0 Å². The zero-order valence-electron chi connectivity index (χ0n) is 7.31. The lowest BCUT2D eigenvalue weighted by Gasteiger charge is -2.05. The van der Waals surface area contributed by atoms with Crippen LogP contribution in [0.15, 0.2) is 12.1 Å². The molecular weight excluding hydrogens is 216 g/mol. The minimum atomic E-state index is -3.10. The first-order valence-electron chi connectivity index (χ1n) is 3.89. The Labute approximate surface area is 82.1 Å². The Balaban J connectivity index is 3.17. The number of benzene rings is 1. The molecule has 6 heteroatoms. The van der Waals surface area contributed by atoms with Gasteiger partial charge in [-0.3, -0.25) is 4.79 Å². The number of carbonyl (C=O) groups is 1. The van der Waals surface area contributed by atoms with E-state index in [1.54, 1.807) is 0 Å². The largest absolute Gasteiger partial charge is 0.481 e. The minimum absolute atomic E-state index is 0.264. The molecule has 0 unspecified atom stereocenters. The quantitative estimate of drug-likeness (QED) is 0.798. The maximum Gasteiger partial charge on any atom is 0.307 e. The van der Waals surface area contributed by atoms with Crippen molar-refractivity contribution >= 4 is 5.97 Å². The van der Waals surface area contributed by atoms with Gasteiger partial charge in [0.1, 0.15) is 11.6 Å². The maximum absolute atomic E-state index is 12.9. The second kappa shape index (κ2) is 4.29.